The van der Waals surface area contributed by atoms with Crippen molar-refractivity contribution in [1.82, 2.24) is 19.9 Å². The van der Waals surface area contributed by atoms with E-state index in [9.17, 15) is 0 Å². The molecule has 126 valence electrons. The van der Waals surface area contributed by atoms with E-state index in [1.165, 1.54) is 12.8 Å². The largest absolute Gasteiger partial charge is 0.492 e. The number of nitrogens with one attached hydrogen (secondary N) is 1. The Bertz CT molecular complexity index is 810. The van der Waals surface area contributed by atoms with Gasteiger partial charge in [-0.15, -0.1) is 12.4 Å². The second-order valence-corrected chi connectivity index (χ2v) is 5.98. The molecule has 0 amide bonds. The molecular weight excluding hydrogens is 324 g/mol. The lowest BCUT2D eigenvalue weighted by atomic mass is 10.1. The van der Waals surface area contributed by atoms with Gasteiger partial charge in [-0.1, -0.05) is 12.1 Å². The number of hydrogen-bond donors (Lipinski definition) is 1. The van der Waals surface area contributed by atoms with Gasteiger partial charge in [0.15, 0.2) is 5.65 Å². The van der Waals surface area contributed by atoms with E-state index in [-0.39, 0.29) is 12.4 Å². The molecule has 1 saturated heterocycles. The topological polar surface area (TPSA) is 51.5 Å². The van der Waals surface area contributed by atoms with E-state index in [0.29, 0.717) is 6.04 Å². The fourth-order valence-electron chi connectivity index (χ4n) is 3.15. The van der Waals surface area contributed by atoms with Crippen molar-refractivity contribution in [2.45, 2.75) is 25.8 Å². The molecule has 1 unspecified atom stereocenters. The summed E-state index contributed by atoms with van der Waals surface area (Å²) in [7, 11) is 0. The maximum atomic E-state index is 5.88. The van der Waals surface area contributed by atoms with Gasteiger partial charge in [-0.3, -0.25) is 0 Å². The highest BCUT2D eigenvalue weighted by Gasteiger charge is 2.15. The van der Waals surface area contributed by atoms with Crippen molar-refractivity contribution in [3.63, 3.8) is 0 Å². The van der Waals surface area contributed by atoms with Gasteiger partial charge in [0.25, 0.3) is 0 Å². The number of hydrogen-bond acceptors (Lipinski definition) is 4. The van der Waals surface area contributed by atoms with Crippen LogP contribution in [0.5, 0.6) is 5.75 Å². The SMILES string of the molecule is Cc1nn2cccnc2c1-c1ccc(OCC2CCCN2)cc1.Cl. The van der Waals surface area contributed by atoms with E-state index in [2.05, 4.69) is 27.5 Å². The van der Waals surface area contributed by atoms with Gasteiger partial charge < -0.3 is 10.1 Å². The van der Waals surface area contributed by atoms with Crippen LogP contribution >= 0.6 is 12.4 Å². The van der Waals surface area contributed by atoms with Crippen LogP contribution in [0.25, 0.3) is 16.8 Å². The third-order valence-electron chi connectivity index (χ3n) is 4.33. The van der Waals surface area contributed by atoms with Gasteiger partial charge in [-0.2, -0.15) is 5.10 Å². The first-order valence-electron chi connectivity index (χ1n) is 8.08. The molecule has 0 spiro atoms. The van der Waals surface area contributed by atoms with Crippen molar-refractivity contribution in [1.29, 1.82) is 0 Å². The molecular formula is C18H21ClN4O. The summed E-state index contributed by atoms with van der Waals surface area (Å²) in [5.74, 6) is 0.907. The van der Waals surface area contributed by atoms with Crippen molar-refractivity contribution in [3.05, 3.63) is 48.4 Å². The lowest BCUT2D eigenvalue weighted by Gasteiger charge is -2.12. The summed E-state index contributed by atoms with van der Waals surface area (Å²) >= 11 is 0. The molecule has 3 aromatic rings. The van der Waals surface area contributed by atoms with Crippen LogP contribution in [-0.4, -0.2) is 33.8 Å². The van der Waals surface area contributed by atoms with Gasteiger partial charge in [0, 0.05) is 24.0 Å². The van der Waals surface area contributed by atoms with Gasteiger partial charge in [0.1, 0.15) is 12.4 Å². The molecule has 0 radical (unpaired) electrons. The summed E-state index contributed by atoms with van der Waals surface area (Å²) in [5.41, 5.74) is 4.05. The number of aromatic nitrogens is 3. The molecule has 2 aromatic heterocycles. The Morgan fingerprint density at radius 3 is 2.88 bits per heavy atom. The fraction of sp³-hybridized carbons (Fsp3) is 0.333. The minimum absolute atomic E-state index is 0. The maximum absolute atomic E-state index is 5.88. The third kappa shape index (κ3) is 3.23. The van der Waals surface area contributed by atoms with E-state index in [4.69, 9.17) is 4.74 Å². The second kappa shape index (κ2) is 7.20. The van der Waals surface area contributed by atoms with E-state index < -0.39 is 0 Å². The quantitative estimate of drug-likeness (QED) is 0.789. The van der Waals surface area contributed by atoms with Crippen LogP contribution in [0, 0.1) is 6.92 Å². The highest BCUT2D eigenvalue weighted by molar-refractivity contribution is 5.85. The molecule has 0 bridgehead atoms. The van der Waals surface area contributed by atoms with Crippen LogP contribution in [-0.2, 0) is 0 Å². The molecule has 5 nitrogen and oxygen atoms in total. The summed E-state index contributed by atoms with van der Waals surface area (Å²) in [6.07, 6.45) is 6.16. The summed E-state index contributed by atoms with van der Waals surface area (Å²) in [6, 6.07) is 10.6. The van der Waals surface area contributed by atoms with Crippen molar-refractivity contribution in [2.24, 2.45) is 0 Å². The molecule has 1 N–H and O–H groups in total. The number of rotatable bonds is 4. The van der Waals surface area contributed by atoms with Crippen LogP contribution in [0.4, 0.5) is 0 Å². The van der Waals surface area contributed by atoms with Crippen LogP contribution < -0.4 is 10.1 Å². The van der Waals surface area contributed by atoms with Crippen LogP contribution in [0.1, 0.15) is 18.5 Å². The van der Waals surface area contributed by atoms with E-state index >= 15 is 0 Å². The first-order chi connectivity index (χ1) is 11.3. The summed E-state index contributed by atoms with van der Waals surface area (Å²) in [5, 5.41) is 7.96. The van der Waals surface area contributed by atoms with Crippen LogP contribution in [0.2, 0.25) is 0 Å². The molecule has 0 aliphatic carbocycles. The Balaban J connectivity index is 0.00000169. The fourth-order valence-corrected chi connectivity index (χ4v) is 3.15. The van der Waals surface area contributed by atoms with Gasteiger partial charge in [0.05, 0.1) is 5.69 Å². The Morgan fingerprint density at radius 2 is 2.12 bits per heavy atom. The molecule has 1 fully saturated rings. The lowest BCUT2D eigenvalue weighted by Crippen LogP contribution is -2.28. The van der Waals surface area contributed by atoms with Crippen LogP contribution in [0.3, 0.4) is 0 Å². The Morgan fingerprint density at radius 1 is 1.29 bits per heavy atom. The van der Waals surface area contributed by atoms with Gasteiger partial charge in [-0.05, 0) is 50.1 Å². The number of benzene rings is 1. The van der Waals surface area contributed by atoms with E-state index in [0.717, 1.165) is 41.4 Å². The Kier molecular flexibility index (Phi) is 5.02. The number of ether oxygens (including phenoxy) is 1. The normalized spacial score (nSPS) is 17.0. The first-order valence-corrected chi connectivity index (χ1v) is 8.08. The monoisotopic (exact) mass is 344 g/mol. The van der Waals surface area contributed by atoms with Crippen LogP contribution in [0.15, 0.2) is 42.7 Å². The molecule has 3 heterocycles. The van der Waals surface area contributed by atoms with Gasteiger partial charge in [0.2, 0.25) is 0 Å². The third-order valence-corrected chi connectivity index (χ3v) is 4.33. The highest BCUT2D eigenvalue weighted by Crippen LogP contribution is 2.28. The Hall–Kier alpha value is -2.11. The summed E-state index contributed by atoms with van der Waals surface area (Å²) in [6.45, 7) is 3.85. The zero-order valence-electron chi connectivity index (χ0n) is 13.6. The summed E-state index contributed by atoms with van der Waals surface area (Å²) < 4.78 is 7.70. The minimum Gasteiger partial charge on any atom is -0.492 e. The molecule has 1 aliphatic rings. The summed E-state index contributed by atoms with van der Waals surface area (Å²) in [4.78, 5) is 4.45. The van der Waals surface area contributed by atoms with Gasteiger partial charge in [-0.25, -0.2) is 9.50 Å². The first kappa shape index (κ1) is 16.7. The molecule has 0 saturated carbocycles. The molecule has 6 heteroatoms. The van der Waals surface area contributed by atoms with E-state index in [1.807, 2.05) is 35.8 Å². The number of nitrogens with zero attached hydrogens (tertiary/aromatic N) is 3. The smallest absolute Gasteiger partial charge is 0.163 e. The number of aryl methyl sites for hydroxylation is 1. The van der Waals surface area contributed by atoms with Crippen molar-refractivity contribution < 1.29 is 4.74 Å². The average Bonchev–Trinajstić information content (AvgIpc) is 3.20. The molecule has 4 rings (SSSR count). The van der Waals surface area contributed by atoms with Crippen molar-refractivity contribution in [3.8, 4) is 16.9 Å². The number of halogens is 1. The predicted molar refractivity (Wildman–Crippen MR) is 96.9 cm³/mol. The minimum atomic E-state index is 0. The molecule has 1 aliphatic heterocycles. The number of fused-ring (bicyclic) bond motifs is 1. The van der Waals surface area contributed by atoms with Crippen molar-refractivity contribution in [2.75, 3.05) is 13.2 Å². The standard InChI is InChI=1S/C18H20N4O.ClH/c1-13-17(18-20-10-3-11-22(18)21-13)14-5-7-16(8-6-14)23-12-15-4-2-9-19-15;/h3,5-8,10-11,15,19H,2,4,9,12H2,1H3;1H. The maximum Gasteiger partial charge on any atom is 0.163 e. The molecule has 24 heavy (non-hydrogen) atoms. The van der Waals surface area contributed by atoms with E-state index in [1.54, 1.807) is 6.20 Å². The zero-order valence-corrected chi connectivity index (χ0v) is 14.4. The highest BCUT2D eigenvalue weighted by atomic mass is 35.5. The van der Waals surface area contributed by atoms with Gasteiger partial charge >= 0.3 is 0 Å². The second-order valence-electron chi connectivity index (χ2n) is 5.98. The van der Waals surface area contributed by atoms with Crippen molar-refractivity contribution >= 4 is 18.1 Å². The molecule has 1 aromatic carbocycles. The average molecular weight is 345 g/mol. The lowest BCUT2D eigenvalue weighted by molar-refractivity contribution is 0.277. The zero-order chi connectivity index (χ0) is 15.6. The Labute approximate surface area is 147 Å². The predicted octanol–water partition coefficient (Wildman–Crippen LogP) is 3.26. The molecule has 1 atom stereocenters.